The summed E-state index contributed by atoms with van der Waals surface area (Å²) in [6.45, 7) is 0. The van der Waals surface area contributed by atoms with Crippen molar-refractivity contribution in [3.63, 3.8) is 0 Å². The zero-order valence-corrected chi connectivity index (χ0v) is 8.83. The third kappa shape index (κ3) is 1.74. The number of alkyl halides is 2. The van der Waals surface area contributed by atoms with Crippen molar-refractivity contribution in [3.05, 3.63) is 33.6 Å². The lowest BCUT2D eigenvalue weighted by Crippen LogP contribution is -1.72. The number of benzene rings is 1. The maximum absolute atomic E-state index is 12.3. The van der Waals surface area contributed by atoms with Crippen LogP contribution in [0.2, 0.25) is 0 Å². The van der Waals surface area contributed by atoms with Gasteiger partial charge < -0.3 is 0 Å². The summed E-state index contributed by atoms with van der Waals surface area (Å²) in [6.07, 6.45) is -2.36. The molecule has 0 saturated heterocycles. The Balaban J connectivity index is 2.62. The Bertz CT molecular complexity index is 436. The minimum absolute atomic E-state index is 0.133. The van der Waals surface area contributed by atoms with Crippen LogP contribution in [0.1, 0.15) is 11.3 Å². The fourth-order valence-corrected chi connectivity index (χ4v) is 2.61. The molecule has 0 spiro atoms. The molecule has 1 heterocycles. The van der Waals surface area contributed by atoms with E-state index >= 15 is 0 Å². The monoisotopic (exact) mass is 262 g/mol. The Morgan fingerprint density at radius 3 is 2.69 bits per heavy atom. The van der Waals surface area contributed by atoms with Gasteiger partial charge in [0, 0.05) is 9.17 Å². The Morgan fingerprint density at radius 2 is 2.00 bits per heavy atom. The first-order valence-corrected chi connectivity index (χ1v) is 5.25. The molecular formula is C9H5BrF2S. The topological polar surface area (TPSA) is 0 Å². The quantitative estimate of drug-likeness (QED) is 0.705. The predicted octanol–water partition coefficient (Wildman–Crippen LogP) is 4.60. The average molecular weight is 263 g/mol. The molecule has 1 aromatic heterocycles. The first kappa shape index (κ1) is 9.09. The van der Waals surface area contributed by atoms with Crippen molar-refractivity contribution in [2.75, 3.05) is 0 Å². The third-order valence-corrected chi connectivity index (χ3v) is 3.31. The molecule has 0 radical (unpaired) electrons. The van der Waals surface area contributed by atoms with E-state index in [0.29, 0.717) is 0 Å². The van der Waals surface area contributed by atoms with E-state index in [1.807, 2.05) is 18.2 Å². The Hall–Kier alpha value is -0.480. The minimum Gasteiger partial charge on any atom is -0.204 e. The first-order valence-electron chi connectivity index (χ1n) is 3.64. The lowest BCUT2D eigenvalue weighted by Gasteiger charge is -1.88. The zero-order valence-electron chi connectivity index (χ0n) is 6.43. The summed E-state index contributed by atoms with van der Waals surface area (Å²) in [7, 11) is 0. The molecule has 0 atom stereocenters. The van der Waals surface area contributed by atoms with E-state index < -0.39 is 6.43 Å². The molecule has 13 heavy (non-hydrogen) atoms. The van der Waals surface area contributed by atoms with Gasteiger partial charge in [-0.05, 0) is 23.6 Å². The normalized spacial score (nSPS) is 11.4. The van der Waals surface area contributed by atoms with Crippen LogP contribution in [-0.4, -0.2) is 0 Å². The number of halogens is 3. The van der Waals surface area contributed by atoms with Crippen LogP contribution in [0.4, 0.5) is 8.78 Å². The molecule has 0 aliphatic rings. The van der Waals surface area contributed by atoms with Gasteiger partial charge in [-0.3, -0.25) is 0 Å². The fourth-order valence-electron chi connectivity index (χ4n) is 1.13. The summed E-state index contributed by atoms with van der Waals surface area (Å²) < 4.78 is 26.4. The summed E-state index contributed by atoms with van der Waals surface area (Å²) in [5.41, 5.74) is 0. The zero-order chi connectivity index (χ0) is 9.42. The predicted molar refractivity (Wildman–Crippen MR) is 54.5 cm³/mol. The van der Waals surface area contributed by atoms with Crippen molar-refractivity contribution in [1.82, 2.24) is 0 Å². The highest BCUT2D eigenvalue weighted by atomic mass is 79.9. The third-order valence-electron chi connectivity index (χ3n) is 1.72. The van der Waals surface area contributed by atoms with Gasteiger partial charge in [0.15, 0.2) is 0 Å². The van der Waals surface area contributed by atoms with Crippen LogP contribution < -0.4 is 0 Å². The lowest BCUT2D eigenvalue weighted by atomic mass is 10.2. The van der Waals surface area contributed by atoms with Crippen molar-refractivity contribution in [1.29, 1.82) is 0 Å². The van der Waals surface area contributed by atoms with Crippen LogP contribution in [0, 0.1) is 0 Å². The number of rotatable bonds is 1. The van der Waals surface area contributed by atoms with Gasteiger partial charge in [-0.2, -0.15) is 0 Å². The Kier molecular flexibility index (Phi) is 2.34. The van der Waals surface area contributed by atoms with Crippen LogP contribution in [0.25, 0.3) is 10.1 Å². The molecular weight excluding hydrogens is 258 g/mol. The van der Waals surface area contributed by atoms with Gasteiger partial charge in [0.05, 0.1) is 4.88 Å². The van der Waals surface area contributed by atoms with Crippen molar-refractivity contribution in [3.8, 4) is 0 Å². The maximum Gasteiger partial charge on any atom is 0.272 e. The smallest absolute Gasteiger partial charge is 0.204 e. The summed E-state index contributed by atoms with van der Waals surface area (Å²) in [5.74, 6) is 0. The average Bonchev–Trinajstić information content (AvgIpc) is 2.46. The van der Waals surface area contributed by atoms with E-state index in [2.05, 4.69) is 15.9 Å². The number of fused-ring (bicyclic) bond motifs is 1. The van der Waals surface area contributed by atoms with Crippen molar-refractivity contribution in [2.24, 2.45) is 0 Å². The first-order chi connectivity index (χ1) is 6.16. The number of thiophene rings is 1. The van der Waals surface area contributed by atoms with Crippen LogP contribution >= 0.6 is 27.3 Å². The van der Waals surface area contributed by atoms with Gasteiger partial charge in [0.2, 0.25) is 0 Å². The van der Waals surface area contributed by atoms with E-state index in [-0.39, 0.29) is 4.88 Å². The second-order valence-electron chi connectivity index (χ2n) is 2.63. The highest BCUT2D eigenvalue weighted by molar-refractivity contribution is 9.10. The molecule has 0 N–H and O–H groups in total. The molecule has 0 aliphatic heterocycles. The molecule has 68 valence electrons. The molecule has 4 heteroatoms. The largest absolute Gasteiger partial charge is 0.272 e. The number of hydrogen-bond acceptors (Lipinski definition) is 1. The summed E-state index contributed by atoms with van der Waals surface area (Å²) >= 11 is 4.44. The molecule has 0 saturated carbocycles. The molecule has 0 amide bonds. The van der Waals surface area contributed by atoms with Gasteiger partial charge in [-0.1, -0.05) is 22.0 Å². The molecule has 0 fully saturated rings. The number of hydrogen-bond donors (Lipinski definition) is 0. The maximum atomic E-state index is 12.3. The van der Waals surface area contributed by atoms with E-state index in [4.69, 9.17) is 0 Å². The molecule has 0 nitrogen and oxygen atoms in total. The second kappa shape index (κ2) is 3.35. The van der Waals surface area contributed by atoms with E-state index in [9.17, 15) is 8.78 Å². The standard InChI is InChI=1S/C9H5BrF2S/c10-6-2-1-5-3-8(9(11)12)13-7(5)4-6/h1-4,9H. The van der Waals surface area contributed by atoms with Gasteiger partial charge in [-0.15, -0.1) is 11.3 Å². The molecule has 2 rings (SSSR count). The molecule has 2 aromatic rings. The Labute approximate surface area is 86.3 Å². The van der Waals surface area contributed by atoms with Crippen molar-refractivity contribution < 1.29 is 8.78 Å². The van der Waals surface area contributed by atoms with E-state index in [1.54, 1.807) is 0 Å². The van der Waals surface area contributed by atoms with Crippen LogP contribution in [0.15, 0.2) is 28.7 Å². The molecule has 0 bridgehead atoms. The van der Waals surface area contributed by atoms with Crippen molar-refractivity contribution >= 4 is 37.4 Å². The molecule has 1 aromatic carbocycles. The second-order valence-corrected chi connectivity index (χ2v) is 4.66. The lowest BCUT2D eigenvalue weighted by molar-refractivity contribution is 0.156. The van der Waals surface area contributed by atoms with Crippen LogP contribution in [0.3, 0.4) is 0 Å². The van der Waals surface area contributed by atoms with Gasteiger partial charge in [0.25, 0.3) is 6.43 Å². The van der Waals surface area contributed by atoms with Gasteiger partial charge in [0.1, 0.15) is 0 Å². The van der Waals surface area contributed by atoms with Gasteiger partial charge in [-0.25, -0.2) is 8.78 Å². The molecule has 0 aliphatic carbocycles. The van der Waals surface area contributed by atoms with Crippen LogP contribution in [-0.2, 0) is 0 Å². The van der Waals surface area contributed by atoms with Gasteiger partial charge >= 0.3 is 0 Å². The van der Waals surface area contributed by atoms with Crippen LogP contribution in [0.5, 0.6) is 0 Å². The van der Waals surface area contributed by atoms with Crippen molar-refractivity contribution in [2.45, 2.75) is 6.43 Å². The Morgan fingerprint density at radius 1 is 1.23 bits per heavy atom. The minimum atomic E-state index is -2.36. The summed E-state index contributed by atoms with van der Waals surface area (Å²) in [4.78, 5) is 0.133. The van der Waals surface area contributed by atoms with E-state index in [0.717, 1.165) is 25.9 Å². The fraction of sp³-hybridized carbons (Fsp3) is 0.111. The summed E-state index contributed by atoms with van der Waals surface area (Å²) in [6, 6.07) is 7.08. The van der Waals surface area contributed by atoms with E-state index in [1.165, 1.54) is 6.07 Å². The molecule has 0 unspecified atom stereocenters. The SMILES string of the molecule is FC(F)c1cc2ccc(Br)cc2s1. The highest BCUT2D eigenvalue weighted by Gasteiger charge is 2.10. The summed E-state index contributed by atoms with van der Waals surface area (Å²) in [5, 5.41) is 0.878. The highest BCUT2D eigenvalue weighted by Crippen LogP contribution is 2.33.